The molecule has 19 heavy (non-hydrogen) atoms. The molecule has 0 bridgehead atoms. The lowest BCUT2D eigenvalue weighted by molar-refractivity contribution is 0.0980. The fourth-order valence-corrected chi connectivity index (χ4v) is 4.53. The van der Waals surface area contributed by atoms with Crippen LogP contribution in [0.15, 0.2) is 5.16 Å². The molecule has 2 aliphatic rings. The highest BCUT2D eigenvalue weighted by atomic mass is 32.2. The molecule has 2 atom stereocenters. The number of rotatable bonds is 4. The van der Waals surface area contributed by atoms with E-state index in [2.05, 4.69) is 9.88 Å². The summed E-state index contributed by atoms with van der Waals surface area (Å²) in [4.78, 5) is 0. The van der Waals surface area contributed by atoms with Crippen molar-refractivity contribution in [3.8, 4) is 0 Å². The summed E-state index contributed by atoms with van der Waals surface area (Å²) in [5.74, 6) is -0.100. The average Bonchev–Trinajstić information content (AvgIpc) is 2.86. The lowest BCUT2D eigenvalue weighted by atomic mass is 10.0. The van der Waals surface area contributed by atoms with Gasteiger partial charge in [0.1, 0.15) is 5.84 Å². The SMILES string of the molecule is N/C(=N/O)C1CCCC1NS(=O)(=O)C1CCOCC1. The van der Waals surface area contributed by atoms with Crippen molar-refractivity contribution < 1.29 is 18.4 Å². The summed E-state index contributed by atoms with van der Waals surface area (Å²) < 4.78 is 32.5. The molecule has 0 aromatic carbocycles. The molecule has 1 saturated carbocycles. The van der Waals surface area contributed by atoms with E-state index in [0.717, 1.165) is 19.3 Å². The van der Waals surface area contributed by atoms with E-state index < -0.39 is 15.3 Å². The molecule has 4 N–H and O–H groups in total. The molecule has 1 heterocycles. The summed E-state index contributed by atoms with van der Waals surface area (Å²) in [6, 6.07) is -0.260. The first-order valence-corrected chi connectivity index (χ1v) is 8.15. The van der Waals surface area contributed by atoms with Crippen molar-refractivity contribution in [2.45, 2.75) is 43.4 Å². The lowest BCUT2D eigenvalue weighted by Gasteiger charge is -2.26. The summed E-state index contributed by atoms with van der Waals surface area (Å²) in [6.07, 6.45) is 3.40. The van der Waals surface area contributed by atoms with Gasteiger partial charge in [-0.15, -0.1) is 0 Å². The van der Waals surface area contributed by atoms with Crippen LogP contribution in [0, 0.1) is 5.92 Å². The van der Waals surface area contributed by atoms with Gasteiger partial charge in [0.25, 0.3) is 0 Å². The van der Waals surface area contributed by atoms with E-state index >= 15 is 0 Å². The van der Waals surface area contributed by atoms with Gasteiger partial charge in [0.15, 0.2) is 0 Å². The van der Waals surface area contributed by atoms with Crippen LogP contribution in [-0.2, 0) is 14.8 Å². The molecule has 110 valence electrons. The van der Waals surface area contributed by atoms with Gasteiger partial charge in [-0.1, -0.05) is 11.6 Å². The Hall–Kier alpha value is -0.860. The van der Waals surface area contributed by atoms with E-state index in [9.17, 15) is 8.42 Å². The second-order valence-electron chi connectivity index (χ2n) is 5.14. The molecular weight excluding hydrogens is 270 g/mol. The molecule has 0 spiro atoms. The fourth-order valence-electron chi connectivity index (χ4n) is 2.82. The maximum Gasteiger partial charge on any atom is 0.214 e. The zero-order chi connectivity index (χ0) is 13.9. The van der Waals surface area contributed by atoms with Crippen molar-refractivity contribution in [2.24, 2.45) is 16.8 Å². The number of amidine groups is 1. The number of nitrogens with one attached hydrogen (secondary N) is 1. The standard InChI is InChI=1S/C11H21N3O4S/c12-11(13-15)9-2-1-3-10(9)14-19(16,17)8-4-6-18-7-5-8/h8-10,14-15H,1-7H2,(H2,12,13). The van der Waals surface area contributed by atoms with E-state index in [-0.39, 0.29) is 17.8 Å². The van der Waals surface area contributed by atoms with Crippen LogP contribution in [0.5, 0.6) is 0 Å². The van der Waals surface area contributed by atoms with Gasteiger partial charge in [-0.25, -0.2) is 13.1 Å². The van der Waals surface area contributed by atoms with Crippen LogP contribution in [0.2, 0.25) is 0 Å². The Morgan fingerprint density at radius 1 is 1.26 bits per heavy atom. The predicted molar refractivity (Wildman–Crippen MR) is 70.4 cm³/mol. The molecule has 0 aromatic heterocycles. The summed E-state index contributed by atoms with van der Waals surface area (Å²) in [5, 5.41) is 11.3. The molecule has 2 unspecified atom stereocenters. The van der Waals surface area contributed by atoms with Crippen LogP contribution >= 0.6 is 0 Å². The zero-order valence-electron chi connectivity index (χ0n) is 10.8. The topological polar surface area (TPSA) is 114 Å². The maximum atomic E-state index is 12.3. The number of sulfonamides is 1. The summed E-state index contributed by atoms with van der Waals surface area (Å²) in [7, 11) is -3.36. The van der Waals surface area contributed by atoms with E-state index in [1.165, 1.54) is 0 Å². The molecule has 2 rings (SSSR count). The van der Waals surface area contributed by atoms with Crippen molar-refractivity contribution in [2.75, 3.05) is 13.2 Å². The zero-order valence-corrected chi connectivity index (χ0v) is 11.6. The second kappa shape index (κ2) is 6.06. The predicted octanol–water partition coefficient (Wildman–Crippen LogP) is -0.000100. The summed E-state index contributed by atoms with van der Waals surface area (Å²) in [6.45, 7) is 0.972. The van der Waals surface area contributed by atoms with E-state index in [1.807, 2.05) is 0 Å². The number of nitrogens with zero attached hydrogens (tertiary/aromatic N) is 1. The highest BCUT2D eigenvalue weighted by molar-refractivity contribution is 7.90. The van der Waals surface area contributed by atoms with Crippen molar-refractivity contribution in [1.29, 1.82) is 0 Å². The van der Waals surface area contributed by atoms with Crippen LogP contribution in [0.1, 0.15) is 32.1 Å². The molecule has 7 nitrogen and oxygen atoms in total. The van der Waals surface area contributed by atoms with Crippen LogP contribution in [0.4, 0.5) is 0 Å². The van der Waals surface area contributed by atoms with Gasteiger partial charge in [0.05, 0.1) is 5.25 Å². The van der Waals surface area contributed by atoms with Gasteiger partial charge in [-0.05, 0) is 25.7 Å². The van der Waals surface area contributed by atoms with Crippen molar-refractivity contribution in [1.82, 2.24) is 4.72 Å². The minimum absolute atomic E-state index is 0.108. The third-order valence-electron chi connectivity index (χ3n) is 3.93. The van der Waals surface area contributed by atoms with Gasteiger partial charge in [0, 0.05) is 25.2 Å². The number of nitrogens with two attached hydrogens (primary N) is 1. The molecule has 0 amide bonds. The largest absolute Gasteiger partial charge is 0.409 e. The molecule has 0 aromatic rings. The maximum absolute atomic E-state index is 12.3. The van der Waals surface area contributed by atoms with E-state index in [0.29, 0.717) is 26.1 Å². The van der Waals surface area contributed by atoms with Crippen molar-refractivity contribution in [3.63, 3.8) is 0 Å². The monoisotopic (exact) mass is 291 g/mol. The molecule has 1 aliphatic carbocycles. The summed E-state index contributed by atoms with van der Waals surface area (Å²) >= 11 is 0. The first-order chi connectivity index (χ1) is 9.04. The van der Waals surface area contributed by atoms with Crippen molar-refractivity contribution >= 4 is 15.9 Å². The Bertz CT molecular complexity index is 431. The fraction of sp³-hybridized carbons (Fsp3) is 0.909. The molecule has 2 fully saturated rings. The van der Waals surface area contributed by atoms with Crippen LogP contribution in [-0.4, -0.2) is 44.0 Å². The quantitative estimate of drug-likeness (QED) is 0.292. The normalized spacial score (nSPS) is 30.6. The van der Waals surface area contributed by atoms with Gasteiger partial charge in [0.2, 0.25) is 10.0 Å². The van der Waals surface area contributed by atoms with Gasteiger partial charge < -0.3 is 15.7 Å². The first kappa shape index (κ1) is 14.5. The Morgan fingerprint density at radius 2 is 1.95 bits per heavy atom. The lowest BCUT2D eigenvalue weighted by Crippen LogP contribution is -2.47. The molecule has 0 radical (unpaired) electrons. The second-order valence-corrected chi connectivity index (χ2v) is 7.14. The van der Waals surface area contributed by atoms with Gasteiger partial charge in [-0.3, -0.25) is 0 Å². The number of ether oxygens (including phenoxy) is 1. The number of oxime groups is 1. The minimum atomic E-state index is -3.36. The highest BCUT2D eigenvalue weighted by Gasteiger charge is 2.36. The highest BCUT2D eigenvalue weighted by Crippen LogP contribution is 2.27. The van der Waals surface area contributed by atoms with Gasteiger partial charge in [-0.2, -0.15) is 0 Å². The van der Waals surface area contributed by atoms with E-state index in [1.54, 1.807) is 0 Å². The van der Waals surface area contributed by atoms with Gasteiger partial charge >= 0.3 is 0 Å². The third kappa shape index (κ3) is 3.37. The van der Waals surface area contributed by atoms with E-state index in [4.69, 9.17) is 15.7 Å². The Balaban J connectivity index is 2.02. The molecule has 8 heteroatoms. The summed E-state index contributed by atoms with van der Waals surface area (Å²) in [5.41, 5.74) is 5.61. The van der Waals surface area contributed by atoms with Crippen LogP contribution in [0.3, 0.4) is 0 Å². The third-order valence-corrected chi connectivity index (χ3v) is 5.91. The number of hydrogen-bond donors (Lipinski definition) is 3. The Labute approximate surface area is 113 Å². The average molecular weight is 291 g/mol. The smallest absolute Gasteiger partial charge is 0.214 e. The minimum Gasteiger partial charge on any atom is -0.409 e. The first-order valence-electron chi connectivity index (χ1n) is 6.61. The molecular formula is C11H21N3O4S. The molecule has 1 aliphatic heterocycles. The van der Waals surface area contributed by atoms with Crippen molar-refractivity contribution in [3.05, 3.63) is 0 Å². The van der Waals surface area contributed by atoms with Crippen LogP contribution in [0.25, 0.3) is 0 Å². The van der Waals surface area contributed by atoms with Crippen LogP contribution < -0.4 is 10.5 Å². The molecule has 1 saturated heterocycles. The number of hydrogen-bond acceptors (Lipinski definition) is 5. The Kier molecular flexibility index (Phi) is 4.64. The Morgan fingerprint density at radius 3 is 2.58 bits per heavy atom.